The maximum Gasteiger partial charge on any atom is 0.242 e. The molecule has 1 aromatic rings. The summed E-state index contributed by atoms with van der Waals surface area (Å²) in [6.45, 7) is 1.99. The van der Waals surface area contributed by atoms with E-state index in [1.54, 1.807) is 24.3 Å². The van der Waals surface area contributed by atoms with Crippen LogP contribution in [0.15, 0.2) is 29.2 Å². The average molecular weight is 314 g/mol. The monoisotopic (exact) mass is 313 g/mol. The van der Waals surface area contributed by atoms with E-state index in [0.717, 1.165) is 12.3 Å². The zero-order valence-corrected chi connectivity index (χ0v) is 13.1. The molecule has 3 nitrogen and oxygen atoms in total. The fourth-order valence-corrected chi connectivity index (χ4v) is 5.78. The summed E-state index contributed by atoms with van der Waals surface area (Å²) in [5, 5.41) is 0.278. The predicted octanol–water partition coefficient (Wildman–Crippen LogP) is 3.44. The SMILES string of the molecule is C[C@@H](NS(=O)(=O)c1ccccc1Cl)[C@@H]1C[C@H]2CC[C@H]1C2. The average Bonchev–Trinajstić information content (AvgIpc) is 3.00. The molecule has 2 fully saturated rings. The van der Waals surface area contributed by atoms with Crippen molar-refractivity contribution in [3.05, 3.63) is 29.3 Å². The van der Waals surface area contributed by atoms with Crippen LogP contribution in [0.25, 0.3) is 0 Å². The first-order valence-corrected chi connectivity index (χ1v) is 9.10. The van der Waals surface area contributed by atoms with Crippen LogP contribution in [0.4, 0.5) is 0 Å². The van der Waals surface area contributed by atoms with Crippen LogP contribution in [0.1, 0.15) is 32.6 Å². The van der Waals surface area contributed by atoms with Crippen LogP contribution in [0.2, 0.25) is 5.02 Å². The fourth-order valence-electron chi connectivity index (χ4n) is 3.96. The lowest BCUT2D eigenvalue weighted by Crippen LogP contribution is -2.40. The Morgan fingerprint density at radius 1 is 1.25 bits per heavy atom. The Morgan fingerprint density at radius 2 is 2.00 bits per heavy atom. The molecule has 1 aromatic carbocycles. The lowest BCUT2D eigenvalue weighted by atomic mass is 9.84. The lowest BCUT2D eigenvalue weighted by Gasteiger charge is -2.28. The number of nitrogens with one attached hydrogen (secondary N) is 1. The predicted molar refractivity (Wildman–Crippen MR) is 80.2 cm³/mol. The van der Waals surface area contributed by atoms with Crippen LogP contribution < -0.4 is 4.72 Å². The van der Waals surface area contributed by atoms with Crippen LogP contribution in [0.5, 0.6) is 0 Å². The van der Waals surface area contributed by atoms with Crippen molar-refractivity contribution in [3.63, 3.8) is 0 Å². The maximum atomic E-state index is 12.4. The largest absolute Gasteiger partial charge is 0.242 e. The Morgan fingerprint density at radius 3 is 2.60 bits per heavy atom. The number of hydrogen-bond acceptors (Lipinski definition) is 2. The van der Waals surface area contributed by atoms with Gasteiger partial charge in [-0.05, 0) is 56.1 Å². The van der Waals surface area contributed by atoms with Gasteiger partial charge < -0.3 is 0 Å². The van der Waals surface area contributed by atoms with Gasteiger partial charge in [-0.15, -0.1) is 0 Å². The normalized spacial score (nSPS) is 30.6. The molecule has 0 amide bonds. The first-order chi connectivity index (χ1) is 9.47. The number of sulfonamides is 1. The molecule has 0 heterocycles. The van der Waals surface area contributed by atoms with E-state index in [2.05, 4.69) is 4.72 Å². The summed E-state index contributed by atoms with van der Waals surface area (Å²) in [6, 6.07) is 6.58. The Kier molecular flexibility index (Phi) is 3.82. The third kappa shape index (κ3) is 2.61. The Bertz CT molecular complexity index is 602. The van der Waals surface area contributed by atoms with Crippen molar-refractivity contribution in [1.82, 2.24) is 4.72 Å². The third-order valence-corrected chi connectivity index (χ3v) is 6.96. The highest BCUT2D eigenvalue weighted by molar-refractivity contribution is 7.89. The third-order valence-electron chi connectivity index (χ3n) is 4.90. The molecule has 3 rings (SSSR count). The fraction of sp³-hybridized carbons (Fsp3) is 0.600. The standard InChI is InChI=1S/C15H20ClNO2S/c1-10(13-9-11-6-7-12(13)8-11)17-20(18,19)15-5-3-2-4-14(15)16/h2-5,10-13,17H,6-9H2,1H3/t10-,11+,12+,13+/m1/s1. The second-order valence-corrected chi connectivity index (χ2v) is 8.27. The highest BCUT2D eigenvalue weighted by Crippen LogP contribution is 2.49. The topological polar surface area (TPSA) is 46.2 Å². The highest BCUT2D eigenvalue weighted by atomic mass is 35.5. The molecular formula is C15H20ClNO2S. The summed E-state index contributed by atoms with van der Waals surface area (Å²) in [7, 11) is -3.53. The van der Waals surface area contributed by atoms with E-state index in [0.29, 0.717) is 11.8 Å². The number of hydrogen-bond donors (Lipinski definition) is 1. The van der Waals surface area contributed by atoms with Gasteiger partial charge in [-0.25, -0.2) is 13.1 Å². The molecule has 110 valence electrons. The van der Waals surface area contributed by atoms with Crippen LogP contribution >= 0.6 is 11.6 Å². The molecule has 5 heteroatoms. The summed E-state index contributed by atoms with van der Waals surface area (Å²) in [5.41, 5.74) is 0. The van der Waals surface area contributed by atoms with Gasteiger partial charge in [0.2, 0.25) is 10.0 Å². The van der Waals surface area contributed by atoms with Crippen molar-refractivity contribution >= 4 is 21.6 Å². The smallest absolute Gasteiger partial charge is 0.208 e. The Labute approximate surface area is 125 Å². The zero-order chi connectivity index (χ0) is 14.3. The van der Waals surface area contributed by atoms with E-state index in [1.807, 2.05) is 6.92 Å². The summed E-state index contributed by atoms with van der Waals surface area (Å²) in [5.74, 6) is 1.99. The lowest BCUT2D eigenvalue weighted by molar-refractivity contribution is 0.280. The van der Waals surface area contributed by atoms with Gasteiger partial charge in [0.1, 0.15) is 4.90 Å². The highest BCUT2D eigenvalue weighted by Gasteiger charge is 2.42. The molecule has 20 heavy (non-hydrogen) atoms. The molecule has 0 unspecified atom stereocenters. The summed E-state index contributed by atoms with van der Waals surface area (Å²) in [6.07, 6.45) is 5.03. The second-order valence-electron chi connectivity index (χ2n) is 6.18. The second kappa shape index (κ2) is 5.32. The van der Waals surface area contributed by atoms with Crippen molar-refractivity contribution in [2.24, 2.45) is 17.8 Å². The minimum absolute atomic E-state index is 0.0217. The number of halogens is 1. The minimum Gasteiger partial charge on any atom is -0.208 e. The van der Waals surface area contributed by atoms with Crippen molar-refractivity contribution in [1.29, 1.82) is 0 Å². The van der Waals surface area contributed by atoms with Crippen molar-refractivity contribution in [2.45, 2.75) is 43.5 Å². The molecule has 0 saturated heterocycles. The molecule has 0 radical (unpaired) electrons. The van der Waals surface area contributed by atoms with Gasteiger partial charge in [-0.3, -0.25) is 0 Å². The van der Waals surface area contributed by atoms with Gasteiger partial charge in [-0.1, -0.05) is 30.2 Å². The van der Waals surface area contributed by atoms with Gasteiger partial charge in [0.15, 0.2) is 0 Å². The first kappa shape index (κ1) is 14.4. The summed E-state index contributed by atoms with van der Waals surface area (Å²) in [4.78, 5) is 0.177. The summed E-state index contributed by atoms with van der Waals surface area (Å²) >= 11 is 6.00. The van der Waals surface area contributed by atoms with E-state index >= 15 is 0 Å². The van der Waals surface area contributed by atoms with Gasteiger partial charge in [0.25, 0.3) is 0 Å². The van der Waals surface area contributed by atoms with Crippen molar-refractivity contribution < 1.29 is 8.42 Å². The molecule has 0 spiro atoms. The van der Waals surface area contributed by atoms with Gasteiger partial charge in [0, 0.05) is 6.04 Å². The van der Waals surface area contributed by atoms with E-state index in [-0.39, 0.29) is 16.0 Å². The van der Waals surface area contributed by atoms with Crippen molar-refractivity contribution in [2.75, 3.05) is 0 Å². The van der Waals surface area contributed by atoms with E-state index in [9.17, 15) is 8.42 Å². The molecule has 2 aliphatic rings. The molecule has 1 N–H and O–H groups in total. The zero-order valence-electron chi connectivity index (χ0n) is 11.5. The molecule has 0 aliphatic heterocycles. The first-order valence-electron chi connectivity index (χ1n) is 7.24. The van der Waals surface area contributed by atoms with E-state index in [4.69, 9.17) is 11.6 Å². The quantitative estimate of drug-likeness (QED) is 0.925. The Balaban J connectivity index is 1.75. The molecule has 2 aliphatic carbocycles. The molecule has 0 aromatic heterocycles. The van der Waals surface area contributed by atoms with Crippen LogP contribution in [-0.4, -0.2) is 14.5 Å². The van der Waals surface area contributed by atoms with Gasteiger partial charge >= 0.3 is 0 Å². The number of rotatable bonds is 4. The van der Waals surface area contributed by atoms with Crippen LogP contribution in [0.3, 0.4) is 0 Å². The van der Waals surface area contributed by atoms with Gasteiger partial charge in [-0.2, -0.15) is 0 Å². The van der Waals surface area contributed by atoms with Gasteiger partial charge in [0.05, 0.1) is 5.02 Å². The van der Waals surface area contributed by atoms with Crippen LogP contribution in [-0.2, 0) is 10.0 Å². The summed E-state index contributed by atoms with van der Waals surface area (Å²) < 4.78 is 27.7. The molecule has 2 bridgehead atoms. The Hall–Kier alpha value is -0.580. The van der Waals surface area contributed by atoms with Crippen LogP contribution in [0, 0.1) is 17.8 Å². The number of benzene rings is 1. The van der Waals surface area contributed by atoms with E-state index in [1.165, 1.54) is 19.3 Å². The molecular weight excluding hydrogens is 294 g/mol. The maximum absolute atomic E-state index is 12.4. The minimum atomic E-state index is -3.53. The number of fused-ring (bicyclic) bond motifs is 2. The molecule has 4 atom stereocenters. The van der Waals surface area contributed by atoms with Crippen molar-refractivity contribution in [3.8, 4) is 0 Å². The molecule has 2 saturated carbocycles. The van der Waals surface area contributed by atoms with E-state index < -0.39 is 10.0 Å².